The van der Waals surface area contributed by atoms with Crippen molar-refractivity contribution in [3.63, 3.8) is 0 Å². The Morgan fingerprint density at radius 2 is 1.57 bits per heavy atom. The topological polar surface area (TPSA) is 36.2 Å². The summed E-state index contributed by atoms with van der Waals surface area (Å²) in [4.78, 5) is 12.4. The van der Waals surface area contributed by atoms with Gasteiger partial charge in [0.1, 0.15) is 16.8 Å². The normalized spacial score (nSPS) is 14.9. The predicted molar refractivity (Wildman–Crippen MR) is 74.9 cm³/mol. The van der Waals surface area contributed by atoms with E-state index in [1.54, 1.807) is 0 Å². The second kappa shape index (κ2) is 5.44. The Bertz CT molecular complexity index is 747. The molecule has 8 heteroatoms. The number of fused-ring (bicyclic) bond motifs is 1. The fourth-order valence-electron chi connectivity index (χ4n) is 2.40. The van der Waals surface area contributed by atoms with Gasteiger partial charge in [0, 0.05) is 5.02 Å². The molecule has 2 heterocycles. The summed E-state index contributed by atoms with van der Waals surface area (Å²) < 4.78 is 36.1. The minimum Gasteiger partial charge on any atom is -0.378 e. The van der Waals surface area contributed by atoms with Gasteiger partial charge in [-0.05, 0) is 12.1 Å². The van der Waals surface area contributed by atoms with Crippen LogP contribution in [0.3, 0.4) is 0 Å². The third-order valence-electron chi connectivity index (χ3n) is 3.32. The zero-order valence-electron chi connectivity index (χ0n) is 10.7. The first-order valence-corrected chi connectivity index (χ1v) is 6.98. The summed E-state index contributed by atoms with van der Waals surface area (Å²) in [5.74, 6) is -1.84. The Balaban J connectivity index is 2.28. The van der Waals surface area contributed by atoms with E-state index in [1.165, 1.54) is 9.36 Å². The largest absolute Gasteiger partial charge is 0.378 e. The van der Waals surface area contributed by atoms with Crippen molar-refractivity contribution in [3.05, 3.63) is 44.3 Å². The summed E-state index contributed by atoms with van der Waals surface area (Å²) in [5, 5.41) is -0.0928. The molecule has 0 aliphatic carbocycles. The lowest BCUT2D eigenvalue weighted by Gasteiger charge is -2.06. The molecule has 1 aromatic heterocycles. The molecule has 0 spiro atoms. The Hall–Kier alpha value is -1.37. The average molecular weight is 335 g/mol. The third kappa shape index (κ3) is 2.37. The third-order valence-corrected chi connectivity index (χ3v) is 3.93. The number of aromatic nitrogens is 2. The highest BCUT2D eigenvalue weighted by molar-refractivity contribution is 6.32. The maximum absolute atomic E-state index is 14.0. The van der Waals surface area contributed by atoms with Crippen molar-refractivity contribution < 1.29 is 13.5 Å². The molecule has 0 saturated carbocycles. The second-order valence-electron chi connectivity index (χ2n) is 4.57. The molecule has 0 unspecified atom stereocenters. The number of ether oxygens (including phenoxy) is 1. The van der Waals surface area contributed by atoms with Gasteiger partial charge in [0.2, 0.25) is 0 Å². The minimum absolute atomic E-state index is 0.00868. The number of hydrogen-bond acceptors (Lipinski definition) is 2. The van der Waals surface area contributed by atoms with Crippen molar-refractivity contribution in [2.45, 2.75) is 13.1 Å². The number of halogens is 4. The highest BCUT2D eigenvalue weighted by atomic mass is 35.5. The van der Waals surface area contributed by atoms with Gasteiger partial charge >= 0.3 is 0 Å². The van der Waals surface area contributed by atoms with Gasteiger partial charge in [0.05, 0.1) is 37.4 Å². The van der Waals surface area contributed by atoms with Crippen LogP contribution in [0.2, 0.25) is 10.2 Å². The smallest absolute Gasteiger partial charge is 0.276 e. The summed E-state index contributed by atoms with van der Waals surface area (Å²) >= 11 is 11.8. The number of benzene rings is 1. The molecular weight excluding hydrogens is 325 g/mol. The van der Waals surface area contributed by atoms with Gasteiger partial charge in [0.25, 0.3) is 5.56 Å². The predicted octanol–water partition coefficient (Wildman–Crippen LogP) is 2.93. The Morgan fingerprint density at radius 1 is 1.00 bits per heavy atom. The quantitative estimate of drug-likeness (QED) is 0.803. The van der Waals surface area contributed by atoms with Gasteiger partial charge in [-0.2, -0.15) is 0 Å². The van der Waals surface area contributed by atoms with Gasteiger partial charge in [-0.1, -0.05) is 23.2 Å². The van der Waals surface area contributed by atoms with Crippen molar-refractivity contribution in [1.29, 1.82) is 0 Å². The molecule has 2 aromatic rings. The highest BCUT2D eigenvalue weighted by Crippen LogP contribution is 2.32. The molecule has 4 nitrogen and oxygen atoms in total. The molecule has 0 saturated heterocycles. The first-order valence-electron chi connectivity index (χ1n) is 6.22. The van der Waals surface area contributed by atoms with E-state index in [4.69, 9.17) is 27.9 Å². The monoisotopic (exact) mass is 334 g/mol. The van der Waals surface area contributed by atoms with Gasteiger partial charge < -0.3 is 4.74 Å². The maximum atomic E-state index is 14.0. The molecule has 0 fully saturated rings. The Kier molecular flexibility index (Phi) is 3.77. The van der Waals surface area contributed by atoms with Gasteiger partial charge in [0.15, 0.2) is 0 Å². The lowest BCUT2D eigenvalue weighted by molar-refractivity contribution is 0.137. The molecule has 1 aliphatic heterocycles. The van der Waals surface area contributed by atoms with Crippen LogP contribution in [-0.2, 0) is 17.8 Å². The summed E-state index contributed by atoms with van der Waals surface area (Å²) in [7, 11) is 0. The van der Waals surface area contributed by atoms with Crippen LogP contribution in [-0.4, -0.2) is 22.6 Å². The molecule has 21 heavy (non-hydrogen) atoms. The Labute approximate surface area is 128 Å². The van der Waals surface area contributed by atoms with Crippen molar-refractivity contribution in [3.8, 4) is 11.1 Å². The van der Waals surface area contributed by atoms with Crippen LogP contribution < -0.4 is 5.56 Å². The average Bonchev–Trinajstić information content (AvgIpc) is 2.61. The summed E-state index contributed by atoms with van der Waals surface area (Å²) in [6, 6.07) is 1.90. The molecule has 3 rings (SSSR count). The first kappa shape index (κ1) is 14.6. The van der Waals surface area contributed by atoms with E-state index in [2.05, 4.69) is 0 Å². The van der Waals surface area contributed by atoms with E-state index in [0.717, 1.165) is 12.1 Å². The van der Waals surface area contributed by atoms with E-state index in [9.17, 15) is 13.6 Å². The van der Waals surface area contributed by atoms with Crippen molar-refractivity contribution in [2.75, 3.05) is 13.2 Å². The maximum Gasteiger partial charge on any atom is 0.276 e. The van der Waals surface area contributed by atoms with Crippen LogP contribution in [0.4, 0.5) is 8.78 Å². The minimum atomic E-state index is -0.920. The van der Waals surface area contributed by atoms with E-state index in [0.29, 0.717) is 19.8 Å². The van der Waals surface area contributed by atoms with Gasteiger partial charge in [-0.25, -0.2) is 13.5 Å². The van der Waals surface area contributed by atoms with E-state index >= 15 is 0 Å². The number of nitrogens with zero attached hydrogens (tertiary/aromatic N) is 2. The van der Waals surface area contributed by atoms with Gasteiger partial charge in [-0.3, -0.25) is 9.48 Å². The van der Waals surface area contributed by atoms with Crippen molar-refractivity contribution in [2.24, 2.45) is 0 Å². The molecule has 0 N–H and O–H groups in total. The molecule has 1 aliphatic rings. The standard InChI is InChI=1S/C13H10Cl2F2N2O2/c14-7-5-8(16)10(9(17)6-7)11-12(15)18-1-3-21-4-2-19(18)13(11)20/h5-6H,1-4H2. The molecule has 0 radical (unpaired) electrons. The fourth-order valence-corrected chi connectivity index (χ4v) is 2.94. The van der Waals surface area contributed by atoms with E-state index in [-0.39, 0.29) is 22.3 Å². The number of rotatable bonds is 1. The fraction of sp³-hybridized carbons (Fsp3) is 0.308. The van der Waals surface area contributed by atoms with Crippen LogP contribution in [0, 0.1) is 11.6 Å². The molecule has 0 amide bonds. The SMILES string of the molecule is O=c1c(-c2c(F)cc(Cl)cc2F)c(Cl)n2n1CCOCC2. The van der Waals surface area contributed by atoms with Crippen LogP contribution in [0.5, 0.6) is 0 Å². The molecule has 1 aromatic carbocycles. The van der Waals surface area contributed by atoms with E-state index in [1.807, 2.05) is 0 Å². The van der Waals surface area contributed by atoms with Crippen LogP contribution in [0.1, 0.15) is 0 Å². The lowest BCUT2D eigenvalue weighted by Crippen LogP contribution is -2.23. The van der Waals surface area contributed by atoms with Crippen LogP contribution >= 0.6 is 23.2 Å². The summed E-state index contributed by atoms with van der Waals surface area (Å²) in [6.07, 6.45) is 0. The summed E-state index contributed by atoms with van der Waals surface area (Å²) in [5.41, 5.74) is -1.20. The van der Waals surface area contributed by atoms with Crippen LogP contribution in [0.25, 0.3) is 11.1 Å². The molecule has 112 valence electrons. The van der Waals surface area contributed by atoms with Gasteiger partial charge in [-0.15, -0.1) is 0 Å². The second-order valence-corrected chi connectivity index (χ2v) is 5.37. The van der Waals surface area contributed by atoms with Crippen molar-refractivity contribution in [1.82, 2.24) is 9.36 Å². The van der Waals surface area contributed by atoms with Crippen LogP contribution in [0.15, 0.2) is 16.9 Å². The van der Waals surface area contributed by atoms with Crippen molar-refractivity contribution >= 4 is 23.2 Å². The lowest BCUT2D eigenvalue weighted by atomic mass is 10.1. The Morgan fingerprint density at radius 3 is 2.19 bits per heavy atom. The molecule has 0 atom stereocenters. The molecule has 0 bridgehead atoms. The molecular formula is C13H10Cl2F2N2O2. The zero-order chi connectivity index (χ0) is 15.1. The first-order chi connectivity index (χ1) is 10.0. The number of hydrogen-bond donors (Lipinski definition) is 0. The highest BCUT2D eigenvalue weighted by Gasteiger charge is 2.26. The zero-order valence-corrected chi connectivity index (χ0v) is 12.2. The summed E-state index contributed by atoms with van der Waals surface area (Å²) in [6.45, 7) is 1.32. The van der Waals surface area contributed by atoms with E-state index < -0.39 is 22.8 Å².